The molecule has 3 aromatic rings. The Hall–Kier alpha value is -3.92. The number of amides is 1. The minimum atomic E-state index is -4.25. The Labute approximate surface area is 211 Å². The third-order valence-electron chi connectivity index (χ3n) is 5.62. The standard InChI is InChI=1S/C26H30N2O7S/c1-18-8-6-7-9-19(18)16-27-26(29)17-28(22-14-20(32-2)10-12-23(22)33-3)36(30,31)21-11-13-24(34-4)25(15-21)35-5/h6-15H,16-17H2,1-5H3,(H,27,29). The molecule has 10 heteroatoms. The van der Waals surface area contributed by atoms with Gasteiger partial charge in [0.05, 0.1) is 39.0 Å². The number of nitrogens with one attached hydrogen (secondary N) is 1. The first-order valence-corrected chi connectivity index (χ1v) is 12.5. The highest BCUT2D eigenvalue weighted by atomic mass is 32.2. The van der Waals surface area contributed by atoms with Crippen LogP contribution in [0.4, 0.5) is 5.69 Å². The molecule has 0 fully saturated rings. The second-order valence-corrected chi connectivity index (χ2v) is 9.63. The van der Waals surface area contributed by atoms with Crippen molar-refractivity contribution in [1.82, 2.24) is 5.32 Å². The maximum atomic E-state index is 13.9. The van der Waals surface area contributed by atoms with Crippen LogP contribution in [0.5, 0.6) is 23.0 Å². The summed E-state index contributed by atoms with van der Waals surface area (Å²) in [4.78, 5) is 12.9. The lowest BCUT2D eigenvalue weighted by Crippen LogP contribution is -2.41. The second kappa shape index (κ2) is 11.7. The third-order valence-corrected chi connectivity index (χ3v) is 7.38. The van der Waals surface area contributed by atoms with E-state index in [4.69, 9.17) is 18.9 Å². The zero-order valence-electron chi connectivity index (χ0n) is 20.9. The molecule has 0 atom stereocenters. The van der Waals surface area contributed by atoms with Gasteiger partial charge in [0.25, 0.3) is 10.0 Å². The van der Waals surface area contributed by atoms with Gasteiger partial charge in [0.15, 0.2) is 11.5 Å². The van der Waals surface area contributed by atoms with Gasteiger partial charge in [-0.15, -0.1) is 0 Å². The van der Waals surface area contributed by atoms with E-state index in [1.807, 2.05) is 31.2 Å². The zero-order valence-corrected chi connectivity index (χ0v) is 21.7. The van der Waals surface area contributed by atoms with Crippen molar-refractivity contribution in [3.05, 3.63) is 71.8 Å². The van der Waals surface area contributed by atoms with Crippen molar-refractivity contribution in [3.8, 4) is 23.0 Å². The van der Waals surface area contributed by atoms with Gasteiger partial charge in [0.2, 0.25) is 5.91 Å². The monoisotopic (exact) mass is 514 g/mol. The molecule has 36 heavy (non-hydrogen) atoms. The molecule has 0 saturated carbocycles. The van der Waals surface area contributed by atoms with Crippen molar-refractivity contribution < 1.29 is 32.2 Å². The molecule has 3 aromatic carbocycles. The first-order valence-electron chi connectivity index (χ1n) is 11.0. The predicted octanol–water partition coefficient (Wildman–Crippen LogP) is 3.54. The molecule has 0 heterocycles. The van der Waals surface area contributed by atoms with Gasteiger partial charge < -0.3 is 24.3 Å². The van der Waals surface area contributed by atoms with Crippen LogP contribution in [0.25, 0.3) is 0 Å². The molecule has 0 unspecified atom stereocenters. The van der Waals surface area contributed by atoms with Crippen LogP contribution in [0.1, 0.15) is 11.1 Å². The SMILES string of the molecule is COc1ccc(OC)c(N(CC(=O)NCc2ccccc2C)S(=O)(=O)c2ccc(OC)c(OC)c2)c1. The van der Waals surface area contributed by atoms with E-state index in [0.29, 0.717) is 11.5 Å². The van der Waals surface area contributed by atoms with Gasteiger partial charge in [-0.3, -0.25) is 9.10 Å². The molecule has 0 aromatic heterocycles. The van der Waals surface area contributed by atoms with Gasteiger partial charge in [-0.1, -0.05) is 24.3 Å². The summed E-state index contributed by atoms with van der Waals surface area (Å²) in [5, 5.41) is 2.81. The molecule has 1 amide bonds. The molecule has 0 spiro atoms. The Morgan fingerprint density at radius 1 is 0.833 bits per heavy atom. The quantitative estimate of drug-likeness (QED) is 0.417. The molecule has 0 radical (unpaired) electrons. The van der Waals surface area contributed by atoms with E-state index in [0.717, 1.165) is 15.4 Å². The van der Waals surface area contributed by atoms with E-state index in [1.54, 1.807) is 12.1 Å². The number of rotatable bonds is 11. The molecule has 0 saturated heterocycles. The number of carbonyl (C=O) groups excluding carboxylic acids is 1. The number of sulfonamides is 1. The summed E-state index contributed by atoms with van der Waals surface area (Å²) in [7, 11) is 1.50. The molecule has 0 bridgehead atoms. The molecule has 192 valence electrons. The number of methoxy groups -OCH3 is 4. The van der Waals surface area contributed by atoms with Crippen LogP contribution in [0.2, 0.25) is 0 Å². The van der Waals surface area contributed by atoms with E-state index in [2.05, 4.69) is 5.32 Å². The number of hydrogen-bond acceptors (Lipinski definition) is 7. The van der Waals surface area contributed by atoms with Gasteiger partial charge >= 0.3 is 0 Å². The topological polar surface area (TPSA) is 103 Å². The Kier molecular flexibility index (Phi) is 8.65. The highest BCUT2D eigenvalue weighted by Crippen LogP contribution is 2.37. The maximum absolute atomic E-state index is 13.9. The minimum Gasteiger partial charge on any atom is -0.497 e. The summed E-state index contributed by atoms with van der Waals surface area (Å²) in [5.74, 6) is 0.774. The van der Waals surface area contributed by atoms with Crippen molar-refractivity contribution in [1.29, 1.82) is 0 Å². The van der Waals surface area contributed by atoms with E-state index in [9.17, 15) is 13.2 Å². The fraction of sp³-hybridized carbons (Fsp3) is 0.269. The predicted molar refractivity (Wildman–Crippen MR) is 137 cm³/mol. The van der Waals surface area contributed by atoms with E-state index < -0.39 is 22.5 Å². The summed E-state index contributed by atoms with van der Waals surface area (Å²) >= 11 is 0. The Bertz CT molecular complexity index is 1330. The second-order valence-electron chi connectivity index (χ2n) is 7.77. The first kappa shape index (κ1) is 26.7. The Morgan fingerprint density at radius 2 is 1.50 bits per heavy atom. The number of anilines is 1. The summed E-state index contributed by atoms with van der Waals surface area (Å²) in [6.07, 6.45) is 0. The number of benzene rings is 3. The fourth-order valence-corrected chi connectivity index (χ4v) is 5.02. The summed E-state index contributed by atoms with van der Waals surface area (Å²) < 4.78 is 50.0. The molecular formula is C26H30N2O7S. The van der Waals surface area contributed by atoms with Crippen molar-refractivity contribution >= 4 is 21.6 Å². The first-order chi connectivity index (χ1) is 17.2. The van der Waals surface area contributed by atoms with Crippen LogP contribution in [-0.4, -0.2) is 49.3 Å². The number of ether oxygens (including phenoxy) is 4. The molecule has 3 rings (SSSR count). The van der Waals surface area contributed by atoms with Crippen LogP contribution in [0, 0.1) is 6.92 Å². The lowest BCUT2D eigenvalue weighted by molar-refractivity contribution is -0.119. The highest BCUT2D eigenvalue weighted by molar-refractivity contribution is 7.92. The molecule has 0 aliphatic carbocycles. The molecule has 1 N–H and O–H groups in total. The van der Waals surface area contributed by atoms with Crippen molar-refractivity contribution in [2.45, 2.75) is 18.4 Å². The number of nitrogens with zero attached hydrogens (tertiary/aromatic N) is 1. The normalized spacial score (nSPS) is 10.9. The van der Waals surface area contributed by atoms with Gasteiger partial charge in [0, 0.05) is 18.7 Å². The van der Waals surface area contributed by atoms with Crippen LogP contribution in [-0.2, 0) is 21.4 Å². The van der Waals surface area contributed by atoms with Crippen molar-refractivity contribution in [2.75, 3.05) is 39.3 Å². The van der Waals surface area contributed by atoms with Crippen molar-refractivity contribution in [2.24, 2.45) is 0 Å². The lowest BCUT2D eigenvalue weighted by Gasteiger charge is -2.26. The lowest BCUT2D eigenvalue weighted by atomic mass is 10.1. The fourth-order valence-electron chi connectivity index (χ4n) is 3.58. The van der Waals surface area contributed by atoms with E-state index >= 15 is 0 Å². The molecule has 9 nitrogen and oxygen atoms in total. The molecular weight excluding hydrogens is 484 g/mol. The van der Waals surface area contributed by atoms with Gasteiger partial charge in [-0.25, -0.2) is 8.42 Å². The smallest absolute Gasteiger partial charge is 0.265 e. The van der Waals surface area contributed by atoms with Crippen molar-refractivity contribution in [3.63, 3.8) is 0 Å². The zero-order chi connectivity index (χ0) is 26.3. The third kappa shape index (κ3) is 5.83. The van der Waals surface area contributed by atoms with Crippen LogP contribution >= 0.6 is 0 Å². The number of hydrogen-bond donors (Lipinski definition) is 1. The van der Waals surface area contributed by atoms with Gasteiger partial charge in [-0.2, -0.15) is 0 Å². The minimum absolute atomic E-state index is 0.0864. The average molecular weight is 515 g/mol. The molecule has 0 aliphatic rings. The highest BCUT2D eigenvalue weighted by Gasteiger charge is 2.31. The van der Waals surface area contributed by atoms with Gasteiger partial charge in [0.1, 0.15) is 18.0 Å². The number of carbonyl (C=O) groups is 1. The molecule has 0 aliphatic heterocycles. The summed E-state index contributed by atoms with van der Waals surface area (Å²) in [6, 6.07) is 16.6. The van der Waals surface area contributed by atoms with Crippen LogP contribution < -0.4 is 28.6 Å². The van der Waals surface area contributed by atoms with E-state index in [1.165, 1.54) is 52.7 Å². The van der Waals surface area contributed by atoms with Crippen LogP contribution in [0.15, 0.2) is 65.6 Å². The van der Waals surface area contributed by atoms with E-state index in [-0.39, 0.29) is 28.6 Å². The van der Waals surface area contributed by atoms with Crippen LogP contribution in [0.3, 0.4) is 0 Å². The maximum Gasteiger partial charge on any atom is 0.265 e. The number of aryl methyl sites for hydroxylation is 1. The Balaban J connectivity index is 2.03. The average Bonchev–Trinajstić information content (AvgIpc) is 2.90. The van der Waals surface area contributed by atoms with Gasteiger partial charge in [-0.05, 0) is 42.3 Å². The summed E-state index contributed by atoms with van der Waals surface area (Å²) in [6.45, 7) is 1.70. The Morgan fingerprint density at radius 3 is 2.14 bits per heavy atom. The summed E-state index contributed by atoms with van der Waals surface area (Å²) in [5.41, 5.74) is 2.10. The largest absolute Gasteiger partial charge is 0.497 e.